The van der Waals surface area contributed by atoms with Crippen LogP contribution in [0.3, 0.4) is 0 Å². The number of amides is 2. The number of carbonyl (C=O) groups is 2. The molecule has 7 nitrogen and oxygen atoms in total. The van der Waals surface area contributed by atoms with Gasteiger partial charge in [-0.2, -0.15) is 0 Å². The summed E-state index contributed by atoms with van der Waals surface area (Å²) in [5.41, 5.74) is 1.23. The van der Waals surface area contributed by atoms with E-state index in [1.54, 1.807) is 26.4 Å². The van der Waals surface area contributed by atoms with E-state index in [1.165, 1.54) is 12.1 Å². The van der Waals surface area contributed by atoms with E-state index in [0.717, 1.165) is 11.6 Å². The van der Waals surface area contributed by atoms with E-state index < -0.39 is 11.7 Å². The van der Waals surface area contributed by atoms with Crippen LogP contribution in [0.15, 0.2) is 48.7 Å². The van der Waals surface area contributed by atoms with Gasteiger partial charge < -0.3 is 24.8 Å². The first-order valence-corrected chi connectivity index (χ1v) is 9.73. The molecule has 166 valence electrons. The zero-order valence-electron chi connectivity index (χ0n) is 17.3. The molecule has 2 N–H and O–H groups in total. The van der Waals surface area contributed by atoms with Crippen molar-refractivity contribution < 1.29 is 28.2 Å². The fraction of sp³-hybridized carbons (Fsp3) is 0.273. The van der Waals surface area contributed by atoms with Crippen molar-refractivity contribution in [3.63, 3.8) is 0 Å². The Morgan fingerprint density at radius 1 is 1.03 bits per heavy atom. The third-order valence-corrected chi connectivity index (χ3v) is 4.48. The lowest BCUT2D eigenvalue weighted by atomic mass is 10.2. The number of hydrogen-bond acceptors (Lipinski definition) is 5. The maximum atomic E-state index is 13.4. The SMILES string of the molecule is C=C(CCC(=O)NCc1ccc(OC)c(OC)c1)NC(=O)COc1ccc(Cl)c(F)c1. The van der Waals surface area contributed by atoms with Crippen LogP contribution >= 0.6 is 11.6 Å². The van der Waals surface area contributed by atoms with Crippen LogP contribution in [0.4, 0.5) is 4.39 Å². The Balaban J connectivity index is 1.69. The van der Waals surface area contributed by atoms with Gasteiger partial charge in [0.1, 0.15) is 11.6 Å². The van der Waals surface area contributed by atoms with Crippen molar-refractivity contribution in [2.45, 2.75) is 19.4 Å². The van der Waals surface area contributed by atoms with Crippen molar-refractivity contribution in [2.75, 3.05) is 20.8 Å². The molecule has 0 heterocycles. The third-order valence-electron chi connectivity index (χ3n) is 4.17. The number of halogens is 2. The molecule has 2 aromatic rings. The number of allylic oxidation sites excluding steroid dienone is 1. The van der Waals surface area contributed by atoms with Gasteiger partial charge in [-0.05, 0) is 36.2 Å². The number of nitrogens with one attached hydrogen (secondary N) is 2. The van der Waals surface area contributed by atoms with Gasteiger partial charge in [-0.3, -0.25) is 9.59 Å². The molecule has 0 bridgehead atoms. The summed E-state index contributed by atoms with van der Waals surface area (Å²) in [5.74, 6) is 0.0631. The maximum Gasteiger partial charge on any atom is 0.262 e. The minimum atomic E-state index is -0.636. The van der Waals surface area contributed by atoms with Gasteiger partial charge in [0.15, 0.2) is 18.1 Å². The predicted octanol–water partition coefficient (Wildman–Crippen LogP) is 3.60. The predicted molar refractivity (Wildman–Crippen MR) is 115 cm³/mol. The van der Waals surface area contributed by atoms with Crippen molar-refractivity contribution in [1.29, 1.82) is 0 Å². The molecule has 0 aliphatic carbocycles. The maximum absolute atomic E-state index is 13.4. The second-order valence-corrected chi connectivity index (χ2v) is 6.89. The molecule has 31 heavy (non-hydrogen) atoms. The highest BCUT2D eigenvalue weighted by Gasteiger charge is 2.09. The Bertz CT molecular complexity index is 951. The van der Waals surface area contributed by atoms with Gasteiger partial charge in [0.2, 0.25) is 5.91 Å². The van der Waals surface area contributed by atoms with Gasteiger partial charge in [-0.25, -0.2) is 4.39 Å². The lowest BCUT2D eigenvalue weighted by Gasteiger charge is -2.11. The molecule has 0 spiro atoms. The van der Waals surface area contributed by atoms with Crippen LogP contribution in [-0.2, 0) is 16.1 Å². The van der Waals surface area contributed by atoms with Gasteiger partial charge >= 0.3 is 0 Å². The minimum Gasteiger partial charge on any atom is -0.493 e. The molecule has 0 unspecified atom stereocenters. The zero-order valence-corrected chi connectivity index (χ0v) is 18.1. The highest BCUT2D eigenvalue weighted by atomic mass is 35.5. The first-order chi connectivity index (χ1) is 14.8. The van der Waals surface area contributed by atoms with E-state index in [4.69, 9.17) is 25.8 Å². The summed E-state index contributed by atoms with van der Waals surface area (Å²) in [6, 6.07) is 9.25. The third kappa shape index (κ3) is 7.82. The standard InChI is InChI=1S/C22H24ClFN2O5/c1-14(26-22(28)13-31-16-6-7-17(23)18(24)11-16)4-9-21(27)25-12-15-5-8-19(29-2)20(10-15)30-3/h5-8,10-11H,1,4,9,12-13H2,2-3H3,(H,25,27)(H,26,28). The minimum absolute atomic E-state index is 0.0328. The van der Waals surface area contributed by atoms with Crippen molar-refractivity contribution in [2.24, 2.45) is 0 Å². The molecule has 0 aliphatic rings. The van der Waals surface area contributed by atoms with Crippen molar-refractivity contribution in [3.8, 4) is 17.2 Å². The molecule has 0 aliphatic heterocycles. The Morgan fingerprint density at radius 2 is 1.77 bits per heavy atom. The molecule has 9 heteroatoms. The lowest BCUT2D eigenvalue weighted by Crippen LogP contribution is -2.29. The number of methoxy groups -OCH3 is 2. The molecule has 0 radical (unpaired) electrons. The molecule has 0 atom stereocenters. The first kappa shape index (κ1) is 24.0. The molecule has 0 fully saturated rings. The quantitative estimate of drug-likeness (QED) is 0.546. The number of benzene rings is 2. The topological polar surface area (TPSA) is 85.9 Å². The molecular weight excluding hydrogens is 427 g/mol. The normalized spacial score (nSPS) is 10.2. The van der Waals surface area contributed by atoms with E-state index in [1.807, 2.05) is 6.07 Å². The molecule has 2 amide bonds. The van der Waals surface area contributed by atoms with Crippen LogP contribution in [0.2, 0.25) is 5.02 Å². The number of hydrogen-bond donors (Lipinski definition) is 2. The Hall–Kier alpha value is -3.26. The molecule has 0 saturated heterocycles. The largest absolute Gasteiger partial charge is 0.493 e. The lowest BCUT2D eigenvalue weighted by molar-refractivity contribution is -0.123. The van der Waals surface area contributed by atoms with E-state index in [2.05, 4.69) is 17.2 Å². The fourth-order valence-corrected chi connectivity index (χ4v) is 2.67. The van der Waals surface area contributed by atoms with E-state index >= 15 is 0 Å². The number of rotatable bonds is 11. The molecule has 0 saturated carbocycles. The highest BCUT2D eigenvalue weighted by molar-refractivity contribution is 6.30. The fourth-order valence-electron chi connectivity index (χ4n) is 2.56. The summed E-state index contributed by atoms with van der Waals surface area (Å²) in [4.78, 5) is 24.0. The molecular formula is C22H24ClFN2O5. The summed E-state index contributed by atoms with van der Waals surface area (Å²) in [6.07, 6.45) is 0.411. The summed E-state index contributed by atoms with van der Waals surface area (Å²) >= 11 is 5.59. The Morgan fingerprint density at radius 3 is 2.45 bits per heavy atom. The van der Waals surface area contributed by atoms with Crippen LogP contribution < -0.4 is 24.8 Å². The summed E-state index contributed by atoms with van der Waals surface area (Å²) in [5, 5.41) is 5.30. The number of carbonyl (C=O) groups excluding carboxylic acids is 2. The van der Waals surface area contributed by atoms with E-state index in [9.17, 15) is 14.0 Å². The average molecular weight is 451 g/mol. The second-order valence-electron chi connectivity index (χ2n) is 6.48. The van der Waals surface area contributed by atoms with Crippen LogP contribution in [-0.4, -0.2) is 32.6 Å². The Kier molecular flexibility index (Phi) is 9.14. The van der Waals surface area contributed by atoms with Gasteiger partial charge in [0.25, 0.3) is 5.91 Å². The monoisotopic (exact) mass is 450 g/mol. The summed E-state index contributed by atoms with van der Waals surface area (Å²) in [6.45, 7) is 3.73. The van der Waals surface area contributed by atoms with Crippen molar-refractivity contribution >= 4 is 23.4 Å². The van der Waals surface area contributed by atoms with Gasteiger partial charge in [0.05, 0.1) is 19.2 Å². The molecule has 2 rings (SSSR count). The van der Waals surface area contributed by atoms with Gasteiger partial charge in [-0.15, -0.1) is 0 Å². The van der Waals surface area contributed by atoms with E-state index in [0.29, 0.717) is 23.7 Å². The first-order valence-electron chi connectivity index (χ1n) is 9.35. The molecule has 2 aromatic carbocycles. The number of ether oxygens (including phenoxy) is 3. The summed E-state index contributed by atoms with van der Waals surface area (Å²) < 4.78 is 29.0. The smallest absolute Gasteiger partial charge is 0.262 e. The van der Waals surface area contributed by atoms with Gasteiger partial charge in [-0.1, -0.05) is 24.2 Å². The van der Waals surface area contributed by atoms with Gasteiger partial charge in [0, 0.05) is 24.7 Å². The molecule has 0 aromatic heterocycles. The van der Waals surface area contributed by atoms with Crippen LogP contribution in [0.5, 0.6) is 17.2 Å². The average Bonchev–Trinajstić information content (AvgIpc) is 2.76. The van der Waals surface area contributed by atoms with Crippen LogP contribution in [0.1, 0.15) is 18.4 Å². The van der Waals surface area contributed by atoms with Crippen molar-refractivity contribution in [1.82, 2.24) is 10.6 Å². The second kappa shape index (κ2) is 11.8. The van der Waals surface area contributed by atoms with Crippen molar-refractivity contribution in [3.05, 3.63) is 65.1 Å². The Labute approximate surface area is 185 Å². The zero-order chi connectivity index (χ0) is 22.8. The van der Waals surface area contributed by atoms with E-state index in [-0.39, 0.29) is 36.1 Å². The van der Waals surface area contributed by atoms with Crippen LogP contribution in [0, 0.1) is 5.82 Å². The highest BCUT2D eigenvalue weighted by Crippen LogP contribution is 2.27. The summed E-state index contributed by atoms with van der Waals surface area (Å²) in [7, 11) is 3.09. The van der Waals surface area contributed by atoms with Crippen LogP contribution in [0.25, 0.3) is 0 Å².